The van der Waals surface area contributed by atoms with E-state index in [-0.39, 0.29) is 46.6 Å². The topological polar surface area (TPSA) is 92.5 Å². The van der Waals surface area contributed by atoms with Crippen LogP contribution in [-0.4, -0.2) is 93.6 Å². The Labute approximate surface area is 228 Å². The van der Waals surface area contributed by atoms with Crippen molar-refractivity contribution in [3.63, 3.8) is 0 Å². The lowest BCUT2D eigenvalue weighted by atomic mass is 10.2. The van der Waals surface area contributed by atoms with Crippen molar-refractivity contribution >= 4 is 39.1 Å². The minimum atomic E-state index is -4.10. The maximum absolute atomic E-state index is 13.7. The lowest BCUT2D eigenvalue weighted by Gasteiger charge is -2.30. The molecule has 0 N–H and O–H groups in total. The normalized spacial score (nSPS) is 18.9. The van der Waals surface area contributed by atoms with E-state index >= 15 is 0 Å². The van der Waals surface area contributed by atoms with Crippen LogP contribution >= 0.6 is 23.2 Å². The van der Waals surface area contributed by atoms with Crippen molar-refractivity contribution in [1.82, 2.24) is 14.1 Å². The van der Waals surface area contributed by atoms with Gasteiger partial charge in [0.05, 0.1) is 43.7 Å². The number of nitrogens with zero attached hydrogens (tertiary/aromatic N) is 3. The van der Waals surface area contributed by atoms with Crippen LogP contribution in [-0.2, 0) is 30.8 Å². The van der Waals surface area contributed by atoms with E-state index < -0.39 is 10.0 Å². The molecule has 1 atom stereocenters. The van der Waals surface area contributed by atoms with Crippen molar-refractivity contribution in [2.75, 3.05) is 59.1 Å². The van der Waals surface area contributed by atoms with Crippen molar-refractivity contribution < 1.29 is 27.1 Å². The molecule has 0 unspecified atom stereocenters. The fraction of sp³-hybridized carbons (Fsp3) is 0.560. The van der Waals surface area contributed by atoms with Crippen molar-refractivity contribution in [3.8, 4) is 0 Å². The molecule has 0 spiro atoms. The first-order chi connectivity index (χ1) is 17.8. The molecule has 0 radical (unpaired) electrons. The molecule has 2 saturated heterocycles. The van der Waals surface area contributed by atoms with Crippen LogP contribution in [0.15, 0.2) is 45.9 Å². The molecular weight excluding hydrogens is 541 g/mol. The lowest BCUT2D eigenvalue weighted by Crippen LogP contribution is -2.46. The van der Waals surface area contributed by atoms with Crippen LogP contribution in [0.25, 0.3) is 0 Å². The second-order valence-corrected chi connectivity index (χ2v) is 12.0. The molecule has 4 rings (SSSR count). The highest BCUT2D eigenvalue weighted by atomic mass is 35.5. The fourth-order valence-corrected chi connectivity index (χ4v) is 6.69. The van der Waals surface area contributed by atoms with Crippen LogP contribution in [0.5, 0.6) is 0 Å². The first-order valence-electron chi connectivity index (χ1n) is 12.5. The number of sulfonamides is 1. The second-order valence-electron chi connectivity index (χ2n) is 9.21. The van der Waals surface area contributed by atoms with Gasteiger partial charge in [-0.05, 0) is 56.1 Å². The molecule has 204 valence electrons. The highest BCUT2D eigenvalue weighted by Crippen LogP contribution is 2.28. The molecule has 12 heteroatoms. The van der Waals surface area contributed by atoms with E-state index in [9.17, 15) is 13.2 Å². The van der Waals surface area contributed by atoms with Gasteiger partial charge in [0.15, 0.2) is 0 Å². The molecular formula is C25H33Cl2N3O6S. The summed E-state index contributed by atoms with van der Waals surface area (Å²) in [6.07, 6.45) is 3.79. The molecule has 2 aliphatic rings. The lowest BCUT2D eigenvalue weighted by molar-refractivity contribution is -0.134. The summed E-state index contributed by atoms with van der Waals surface area (Å²) in [5.74, 6) is 0.283. The van der Waals surface area contributed by atoms with Gasteiger partial charge in [-0.25, -0.2) is 8.42 Å². The predicted molar refractivity (Wildman–Crippen MR) is 140 cm³/mol. The highest BCUT2D eigenvalue weighted by Gasteiger charge is 2.32. The smallest absolute Gasteiger partial charge is 0.245 e. The Morgan fingerprint density at radius 3 is 2.65 bits per heavy atom. The number of amides is 1. The summed E-state index contributed by atoms with van der Waals surface area (Å²) in [5, 5.41) is 0.308. The van der Waals surface area contributed by atoms with E-state index in [2.05, 4.69) is 4.90 Å². The zero-order chi connectivity index (χ0) is 26.3. The average molecular weight is 575 g/mol. The highest BCUT2D eigenvalue weighted by molar-refractivity contribution is 7.89. The van der Waals surface area contributed by atoms with Gasteiger partial charge in [0.2, 0.25) is 15.9 Å². The van der Waals surface area contributed by atoms with Gasteiger partial charge in [-0.1, -0.05) is 23.2 Å². The number of hydrogen-bond acceptors (Lipinski definition) is 7. The maximum atomic E-state index is 13.7. The van der Waals surface area contributed by atoms with Gasteiger partial charge in [-0.2, -0.15) is 4.31 Å². The summed E-state index contributed by atoms with van der Waals surface area (Å²) in [7, 11) is -4.10. The van der Waals surface area contributed by atoms with E-state index in [1.807, 2.05) is 0 Å². The van der Waals surface area contributed by atoms with Gasteiger partial charge in [0, 0.05) is 37.8 Å². The van der Waals surface area contributed by atoms with E-state index in [0.29, 0.717) is 45.1 Å². The zero-order valence-electron chi connectivity index (χ0n) is 20.7. The Morgan fingerprint density at radius 2 is 1.95 bits per heavy atom. The average Bonchev–Trinajstić information content (AvgIpc) is 3.59. The first kappa shape index (κ1) is 28.4. The van der Waals surface area contributed by atoms with Gasteiger partial charge < -0.3 is 18.8 Å². The third-order valence-corrected chi connectivity index (χ3v) is 9.10. The van der Waals surface area contributed by atoms with E-state index in [1.165, 1.54) is 22.5 Å². The van der Waals surface area contributed by atoms with Crippen molar-refractivity contribution in [3.05, 3.63) is 52.4 Å². The monoisotopic (exact) mass is 573 g/mol. The van der Waals surface area contributed by atoms with Crippen molar-refractivity contribution in [2.24, 2.45) is 0 Å². The number of carbonyl (C=O) groups is 1. The second kappa shape index (κ2) is 13.4. The standard InChI is InChI=1S/C25H33Cl2N3O6S/c26-20-6-7-23(27)24(16-20)37(32,33)30(9-3-8-28-10-14-34-15-11-28)19-25(31)29(17-21-4-1-12-35-21)18-22-5-2-13-36-22/h1,4,6-7,12,16,22H,2-3,5,8-11,13-15,17-19H2/t22-/m1/s1. The van der Waals surface area contributed by atoms with Crippen LogP contribution < -0.4 is 0 Å². The summed E-state index contributed by atoms with van der Waals surface area (Å²) in [6, 6.07) is 7.85. The molecule has 2 aromatic rings. The Hall–Kier alpha value is -1.66. The van der Waals surface area contributed by atoms with Gasteiger partial charge >= 0.3 is 0 Å². The van der Waals surface area contributed by atoms with Crippen LogP contribution in [0.1, 0.15) is 25.0 Å². The predicted octanol–water partition coefficient (Wildman–Crippen LogP) is 3.51. The molecule has 2 fully saturated rings. The minimum Gasteiger partial charge on any atom is -0.467 e. The van der Waals surface area contributed by atoms with Gasteiger partial charge in [0.25, 0.3) is 0 Å². The Kier molecular flexibility index (Phi) is 10.3. The van der Waals surface area contributed by atoms with E-state index in [0.717, 1.165) is 25.9 Å². The largest absolute Gasteiger partial charge is 0.467 e. The Bertz CT molecular complexity index is 1120. The van der Waals surface area contributed by atoms with Crippen LogP contribution in [0.4, 0.5) is 0 Å². The van der Waals surface area contributed by atoms with Crippen LogP contribution in [0.3, 0.4) is 0 Å². The summed E-state index contributed by atoms with van der Waals surface area (Å²) in [4.78, 5) is 17.3. The number of rotatable bonds is 12. The number of carbonyl (C=O) groups excluding carboxylic acids is 1. The number of ether oxygens (including phenoxy) is 2. The fourth-order valence-electron chi connectivity index (χ4n) is 4.52. The van der Waals surface area contributed by atoms with Gasteiger partial charge in [0.1, 0.15) is 10.7 Å². The summed E-state index contributed by atoms with van der Waals surface area (Å²) in [6.45, 7) is 4.66. The van der Waals surface area contributed by atoms with Crippen molar-refractivity contribution in [2.45, 2.75) is 36.8 Å². The molecule has 1 amide bonds. The molecule has 3 heterocycles. The molecule has 2 aliphatic heterocycles. The van der Waals surface area contributed by atoms with Crippen LogP contribution in [0.2, 0.25) is 10.0 Å². The first-order valence-corrected chi connectivity index (χ1v) is 14.7. The Morgan fingerprint density at radius 1 is 1.14 bits per heavy atom. The summed E-state index contributed by atoms with van der Waals surface area (Å²) in [5.41, 5.74) is 0. The molecule has 0 bridgehead atoms. The number of hydrogen-bond donors (Lipinski definition) is 0. The molecule has 0 aliphatic carbocycles. The molecule has 0 saturated carbocycles. The number of benzene rings is 1. The number of morpholine rings is 1. The van der Waals surface area contributed by atoms with Gasteiger partial charge in [-0.3, -0.25) is 9.69 Å². The summed E-state index contributed by atoms with van der Waals surface area (Å²) < 4.78 is 45.3. The molecule has 37 heavy (non-hydrogen) atoms. The third kappa shape index (κ3) is 7.92. The SMILES string of the molecule is O=C(CN(CCCN1CCOCC1)S(=O)(=O)c1cc(Cl)ccc1Cl)N(Cc1ccco1)C[C@H]1CCCO1. The number of halogens is 2. The zero-order valence-corrected chi connectivity index (χ0v) is 23.0. The minimum absolute atomic E-state index is 0.0572. The molecule has 1 aromatic heterocycles. The quantitative estimate of drug-likeness (QED) is 0.383. The third-order valence-electron chi connectivity index (χ3n) is 6.54. The maximum Gasteiger partial charge on any atom is 0.245 e. The Balaban J connectivity index is 1.53. The van der Waals surface area contributed by atoms with Gasteiger partial charge in [-0.15, -0.1) is 0 Å². The van der Waals surface area contributed by atoms with Crippen molar-refractivity contribution in [1.29, 1.82) is 0 Å². The summed E-state index contributed by atoms with van der Waals surface area (Å²) >= 11 is 12.4. The number of furan rings is 1. The molecule has 9 nitrogen and oxygen atoms in total. The van der Waals surface area contributed by atoms with Crippen LogP contribution in [0, 0.1) is 0 Å². The molecule has 1 aromatic carbocycles. The van der Waals surface area contributed by atoms with E-state index in [4.69, 9.17) is 37.1 Å². The van der Waals surface area contributed by atoms with E-state index in [1.54, 1.807) is 23.3 Å².